The van der Waals surface area contributed by atoms with Gasteiger partial charge in [-0.15, -0.1) is 11.8 Å². The minimum atomic E-state index is -0.263. The number of hydrogen-bond donors (Lipinski definition) is 1. The number of carbonyl (C=O) groups is 1. The molecule has 0 unspecified atom stereocenters. The summed E-state index contributed by atoms with van der Waals surface area (Å²) in [6, 6.07) is 17.1. The van der Waals surface area contributed by atoms with Gasteiger partial charge in [-0.1, -0.05) is 42.5 Å². The third-order valence-electron chi connectivity index (χ3n) is 3.38. The van der Waals surface area contributed by atoms with Crippen LogP contribution in [-0.4, -0.2) is 25.4 Å². The van der Waals surface area contributed by atoms with Crippen LogP contribution in [0.25, 0.3) is 4.91 Å². The summed E-state index contributed by atoms with van der Waals surface area (Å²) in [7, 11) is 1.58. The average Bonchev–Trinajstić information content (AvgIpc) is 2.63. The SMILES string of the molecule is COc1ccccc1NC(=O)C1=C(c2ccccc2)SCCO1. The summed E-state index contributed by atoms with van der Waals surface area (Å²) < 4.78 is 10.9. The van der Waals surface area contributed by atoms with Crippen molar-refractivity contribution in [2.75, 3.05) is 24.8 Å². The molecule has 118 valence electrons. The number of thioether (sulfide) groups is 1. The van der Waals surface area contributed by atoms with Gasteiger partial charge in [0.2, 0.25) is 0 Å². The Morgan fingerprint density at radius 1 is 1.13 bits per heavy atom. The van der Waals surface area contributed by atoms with Gasteiger partial charge in [0.25, 0.3) is 5.91 Å². The fraction of sp³-hybridized carbons (Fsp3) is 0.167. The van der Waals surface area contributed by atoms with Gasteiger partial charge in [0.1, 0.15) is 5.75 Å². The van der Waals surface area contributed by atoms with Crippen LogP contribution in [0.3, 0.4) is 0 Å². The summed E-state index contributed by atoms with van der Waals surface area (Å²) in [4.78, 5) is 13.5. The number of para-hydroxylation sites is 2. The Balaban J connectivity index is 1.91. The molecule has 0 saturated heterocycles. The van der Waals surface area contributed by atoms with E-state index in [1.165, 1.54) is 0 Å². The van der Waals surface area contributed by atoms with Gasteiger partial charge in [-0.25, -0.2) is 0 Å². The number of nitrogens with one attached hydrogen (secondary N) is 1. The predicted molar refractivity (Wildman–Crippen MR) is 93.4 cm³/mol. The van der Waals surface area contributed by atoms with Crippen molar-refractivity contribution in [3.05, 3.63) is 65.9 Å². The van der Waals surface area contributed by atoms with Gasteiger partial charge >= 0.3 is 0 Å². The smallest absolute Gasteiger partial charge is 0.292 e. The van der Waals surface area contributed by atoms with Gasteiger partial charge in [-0.2, -0.15) is 0 Å². The second-order valence-corrected chi connectivity index (χ2v) is 5.98. The molecule has 0 aliphatic carbocycles. The number of amides is 1. The third kappa shape index (κ3) is 3.51. The van der Waals surface area contributed by atoms with Crippen molar-refractivity contribution in [1.82, 2.24) is 0 Å². The zero-order valence-corrected chi connectivity index (χ0v) is 13.6. The maximum absolute atomic E-state index is 12.7. The van der Waals surface area contributed by atoms with Crippen molar-refractivity contribution < 1.29 is 14.3 Å². The van der Waals surface area contributed by atoms with E-state index in [1.54, 1.807) is 31.0 Å². The highest BCUT2D eigenvalue weighted by atomic mass is 32.2. The maximum Gasteiger partial charge on any atom is 0.292 e. The molecule has 5 heteroatoms. The molecule has 0 atom stereocenters. The number of ether oxygens (including phenoxy) is 2. The molecule has 0 bridgehead atoms. The lowest BCUT2D eigenvalue weighted by Gasteiger charge is -2.21. The fourth-order valence-electron chi connectivity index (χ4n) is 2.32. The number of rotatable bonds is 4. The first-order chi connectivity index (χ1) is 11.3. The maximum atomic E-state index is 12.7. The van der Waals surface area contributed by atoms with E-state index in [2.05, 4.69) is 5.32 Å². The first-order valence-corrected chi connectivity index (χ1v) is 8.28. The van der Waals surface area contributed by atoms with Gasteiger partial charge < -0.3 is 14.8 Å². The number of hydrogen-bond acceptors (Lipinski definition) is 4. The summed E-state index contributed by atoms with van der Waals surface area (Å²) in [6.45, 7) is 0.523. The minimum absolute atomic E-state index is 0.263. The second kappa shape index (κ2) is 7.24. The van der Waals surface area contributed by atoms with E-state index in [9.17, 15) is 4.79 Å². The van der Waals surface area contributed by atoms with Crippen LogP contribution in [0.1, 0.15) is 5.56 Å². The summed E-state index contributed by atoms with van der Waals surface area (Å²) >= 11 is 1.64. The van der Waals surface area contributed by atoms with Gasteiger partial charge in [-0.3, -0.25) is 4.79 Å². The molecule has 2 aromatic rings. The van der Waals surface area contributed by atoms with E-state index in [0.717, 1.165) is 16.2 Å². The summed E-state index contributed by atoms with van der Waals surface area (Å²) in [5, 5.41) is 2.87. The highest BCUT2D eigenvalue weighted by Gasteiger charge is 2.23. The standard InChI is InChI=1S/C18H17NO3S/c1-21-15-10-6-5-9-14(15)19-18(20)16-17(23-12-11-22-16)13-7-3-2-4-8-13/h2-10H,11-12H2,1H3,(H,19,20). The van der Waals surface area contributed by atoms with E-state index in [0.29, 0.717) is 23.8 Å². The van der Waals surface area contributed by atoms with E-state index in [1.807, 2.05) is 42.5 Å². The van der Waals surface area contributed by atoms with E-state index < -0.39 is 0 Å². The number of carbonyl (C=O) groups excluding carboxylic acids is 1. The molecular formula is C18H17NO3S. The van der Waals surface area contributed by atoms with Crippen LogP contribution >= 0.6 is 11.8 Å². The molecule has 0 aromatic heterocycles. The molecule has 1 N–H and O–H groups in total. The molecule has 0 fully saturated rings. The number of anilines is 1. The van der Waals surface area contributed by atoms with Crippen LogP contribution in [-0.2, 0) is 9.53 Å². The topological polar surface area (TPSA) is 47.6 Å². The van der Waals surface area contributed by atoms with Crippen LogP contribution in [0, 0.1) is 0 Å². The van der Waals surface area contributed by atoms with Crippen molar-refractivity contribution in [3.8, 4) is 5.75 Å². The molecule has 0 radical (unpaired) electrons. The van der Waals surface area contributed by atoms with Gasteiger partial charge in [0.05, 0.1) is 24.3 Å². The molecule has 2 aromatic carbocycles. The van der Waals surface area contributed by atoms with Crippen LogP contribution in [0.4, 0.5) is 5.69 Å². The molecule has 1 heterocycles. The first-order valence-electron chi connectivity index (χ1n) is 7.29. The Hall–Kier alpha value is -2.40. The summed E-state index contributed by atoms with van der Waals surface area (Å²) in [5.41, 5.74) is 1.61. The zero-order chi connectivity index (χ0) is 16.1. The van der Waals surface area contributed by atoms with Crippen molar-refractivity contribution >= 4 is 28.3 Å². The molecule has 1 aliphatic rings. The predicted octanol–water partition coefficient (Wildman–Crippen LogP) is 3.77. The van der Waals surface area contributed by atoms with Crippen molar-refractivity contribution in [1.29, 1.82) is 0 Å². The lowest BCUT2D eigenvalue weighted by Crippen LogP contribution is -2.21. The monoisotopic (exact) mass is 327 g/mol. The molecular weight excluding hydrogens is 310 g/mol. The van der Waals surface area contributed by atoms with Crippen LogP contribution in [0.2, 0.25) is 0 Å². The van der Waals surface area contributed by atoms with Crippen LogP contribution in [0.15, 0.2) is 60.4 Å². The van der Waals surface area contributed by atoms with E-state index >= 15 is 0 Å². The van der Waals surface area contributed by atoms with Crippen molar-refractivity contribution in [2.45, 2.75) is 0 Å². The zero-order valence-electron chi connectivity index (χ0n) is 12.7. The highest BCUT2D eigenvalue weighted by Crippen LogP contribution is 2.35. The summed E-state index contributed by atoms with van der Waals surface area (Å²) in [6.07, 6.45) is 0. The largest absolute Gasteiger partial charge is 0.495 e. The minimum Gasteiger partial charge on any atom is -0.495 e. The van der Waals surface area contributed by atoms with Gasteiger partial charge in [0.15, 0.2) is 5.76 Å². The number of benzene rings is 2. The van der Waals surface area contributed by atoms with Crippen LogP contribution < -0.4 is 10.1 Å². The third-order valence-corrected chi connectivity index (χ3v) is 4.46. The molecule has 1 amide bonds. The molecule has 23 heavy (non-hydrogen) atoms. The molecule has 4 nitrogen and oxygen atoms in total. The summed E-state index contributed by atoms with van der Waals surface area (Å²) in [5.74, 6) is 1.54. The Kier molecular flexibility index (Phi) is 4.88. The van der Waals surface area contributed by atoms with Crippen molar-refractivity contribution in [2.24, 2.45) is 0 Å². The van der Waals surface area contributed by atoms with E-state index in [4.69, 9.17) is 9.47 Å². The molecule has 0 spiro atoms. The lowest BCUT2D eigenvalue weighted by atomic mass is 10.2. The molecule has 0 saturated carbocycles. The second-order valence-electron chi connectivity index (χ2n) is 4.88. The lowest BCUT2D eigenvalue weighted by molar-refractivity contribution is -0.115. The van der Waals surface area contributed by atoms with Crippen LogP contribution in [0.5, 0.6) is 5.75 Å². The van der Waals surface area contributed by atoms with Gasteiger partial charge in [0, 0.05) is 5.75 Å². The van der Waals surface area contributed by atoms with E-state index in [-0.39, 0.29) is 5.91 Å². The first kappa shape index (κ1) is 15.5. The number of methoxy groups -OCH3 is 1. The van der Waals surface area contributed by atoms with Gasteiger partial charge in [-0.05, 0) is 17.7 Å². The Morgan fingerprint density at radius 2 is 1.87 bits per heavy atom. The molecule has 3 rings (SSSR count). The quantitative estimate of drug-likeness (QED) is 0.929. The Bertz CT molecular complexity index is 728. The fourth-order valence-corrected chi connectivity index (χ4v) is 3.27. The van der Waals surface area contributed by atoms with Crippen molar-refractivity contribution in [3.63, 3.8) is 0 Å². The highest BCUT2D eigenvalue weighted by molar-refractivity contribution is 8.08. The Labute approximate surface area is 139 Å². The Morgan fingerprint density at radius 3 is 2.65 bits per heavy atom. The molecule has 1 aliphatic heterocycles. The average molecular weight is 327 g/mol. The normalized spacial score (nSPS) is 14.1.